The monoisotopic (exact) mass is 314 g/mol. The summed E-state index contributed by atoms with van der Waals surface area (Å²) in [5, 5.41) is 0. The summed E-state index contributed by atoms with van der Waals surface area (Å²) < 4.78 is 37.3. The van der Waals surface area contributed by atoms with Crippen molar-refractivity contribution in [2.45, 2.75) is 17.7 Å². The maximum absolute atomic E-state index is 12.0. The zero-order valence-electron chi connectivity index (χ0n) is 12.0. The van der Waals surface area contributed by atoms with Crippen molar-refractivity contribution in [2.75, 3.05) is 32.9 Å². The first kappa shape index (κ1) is 16.2. The average Bonchev–Trinajstić information content (AvgIpc) is 3.29. The van der Waals surface area contributed by atoms with E-state index >= 15 is 0 Å². The highest BCUT2D eigenvalue weighted by Gasteiger charge is 2.21. The van der Waals surface area contributed by atoms with E-state index < -0.39 is 10.0 Å². The Morgan fingerprint density at radius 1 is 1.19 bits per heavy atom. The van der Waals surface area contributed by atoms with Crippen molar-refractivity contribution in [2.24, 2.45) is 11.7 Å². The lowest BCUT2D eigenvalue weighted by molar-refractivity contribution is 0.129. The molecule has 0 spiro atoms. The number of hydrogen-bond donors (Lipinski definition) is 2. The highest BCUT2D eigenvalue weighted by molar-refractivity contribution is 7.89. The molecule has 7 heteroatoms. The molecule has 3 N–H and O–H groups in total. The van der Waals surface area contributed by atoms with Gasteiger partial charge in [0.25, 0.3) is 0 Å². The first-order chi connectivity index (χ1) is 10.1. The molecule has 1 fully saturated rings. The standard InChI is InChI=1S/C14H22N2O4S/c15-7-9-20-13-3-5-14(6-4-13)21(17,18)16-8-10-19-11-12-1-2-12/h3-6,12,16H,1-2,7-11,15H2. The zero-order valence-corrected chi connectivity index (χ0v) is 12.8. The van der Waals surface area contributed by atoms with E-state index in [1.54, 1.807) is 12.1 Å². The van der Waals surface area contributed by atoms with Crippen LogP contribution in [0.25, 0.3) is 0 Å². The minimum atomic E-state index is -3.49. The van der Waals surface area contributed by atoms with Gasteiger partial charge < -0.3 is 15.2 Å². The highest BCUT2D eigenvalue weighted by atomic mass is 32.2. The topological polar surface area (TPSA) is 90.7 Å². The Morgan fingerprint density at radius 3 is 2.52 bits per heavy atom. The number of nitrogens with one attached hydrogen (secondary N) is 1. The van der Waals surface area contributed by atoms with E-state index in [-0.39, 0.29) is 11.4 Å². The lowest BCUT2D eigenvalue weighted by Gasteiger charge is -2.09. The summed E-state index contributed by atoms with van der Waals surface area (Å²) in [4.78, 5) is 0.213. The molecule has 0 bridgehead atoms. The third kappa shape index (κ3) is 5.62. The van der Waals surface area contributed by atoms with Crippen LogP contribution in [0.5, 0.6) is 5.75 Å². The zero-order chi connectivity index (χ0) is 15.1. The van der Waals surface area contributed by atoms with Crippen LogP contribution in [0.15, 0.2) is 29.2 Å². The van der Waals surface area contributed by atoms with Gasteiger partial charge in [-0.25, -0.2) is 13.1 Å². The number of nitrogens with two attached hydrogens (primary N) is 1. The largest absolute Gasteiger partial charge is 0.492 e. The molecule has 118 valence electrons. The Bertz CT molecular complexity index is 526. The Morgan fingerprint density at radius 2 is 1.90 bits per heavy atom. The van der Waals surface area contributed by atoms with E-state index in [1.807, 2.05) is 0 Å². The minimum Gasteiger partial charge on any atom is -0.492 e. The van der Waals surface area contributed by atoms with Gasteiger partial charge in [-0.05, 0) is 43.0 Å². The Kier molecular flexibility index (Phi) is 5.98. The molecule has 2 rings (SSSR count). The summed E-state index contributed by atoms with van der Waals surface area (Å²) in [7, 11) is -3.49. The van der Waals surface area contributed by atoms with Crippen LogP contribution in [0.1, 0.15) is 12.8 Å². The van der Waals surface area contributed by atoms with Crippen molar-refractivity contribution in [3.05, 3.63) is 24.3 Å². The molecule has 0 radical (unpaired) electrons. The van der Waals surface area contributed by atoms with Crippen LogP contribution in [0, 0.1) is 5.92 Å². The predicted octanol–water partition coefficient (Wildman–Crippen LogP) is 0.729. The summed E-state index contributed by atoms with van der Waals surface area (Å²) in [6, 6.07) is 6.26. The SMILES string of the molecule is NCCOc1ccc(S(=O)(=O)NCCOCC2CC2)cc1. The van der Waals surface area contributed by atoms with E-state index in [1.165, 1.54) is 25.0 Å². The van der Waals surface area contributed by atoms with Gasteiger partial charge in [-0.1, -0.05) is 0 Å². The fraction of sp³-hybridized carbons (Fsp3) is 0.571. The molecule has 1 aliphatic rings. The van der Waals surface area contributed by atoms with Gasteiger partial charge in [0.1, 0.15) is 12.4 Å². The molecule has 21 heavy (non-hydrogen) atoms. The third-order valence-corrected chi connectivity index (χ3v) is 4.59. The minimum absolute atomic E-state index is 0.213. The molecule has 1 saturated carbocycles. The van der Waals surface area contributed by atoms with Gasteiger partial charge in [0, 0.05) is 19.7 Å². The van der Waals surface area contributed by atoms with Gasteiger partial charge in [0.05, 0.1) is 11.5 Å². The van der Waals surface area contributed by atoms with Crippen LogP contribution in [0.3, 0.4) is 0 Å². The van der Waals surface area contributed by atoms with Gasteiger partial charge in [0.15, 0.2) is 0 Å². The second-order valence-electron chi connectivity index (χ2n) is 5.02. The molecule has 0 unspecified atom stereocenters. The van der Waals surface area contributed by atoms with E-state index in [0.717, 1.165) is 6.61 Å². The smallest absolute Gasteiger partial charge is 0.240 e. The third-order valence-electron chi connectivity index (χ3n) is 3.11. The van der Waals surface area contributed by atoms with Crippen LogP contribution < -0.4 is 15.2 Å². The lowest BCUT2D eigenvalue weighted by atomic mass is 10.3. The van der Waals surface area contributed by atoms with Gasteiger partial charge >= 0.3 is 0 Å². The molecule has 0 aliphatic heterocycles. The number of rotatable bonds is 10. The average molecular weight is 314 g/mol. The van der Waals surface area contributed by atoms with Crippen LogP contribution >= 0.6 is 0 Å². The highest BCUT2D eigenvalue weighted by Crippen LogP contribution is 2.28. The van der Waals surface area contributed by atoms with E-state index in [4.69, 9.17) is 15.2 Å². The summed E-state index contributed by atoms with van der Waals surface area (Å²) >= 11 is 0. The lowest BCUT2D eigenvalue weighted by Crippen LogP contribution is -2.27. The summed E-state index contributed by atoms with van der Waals surface area (Å²) in [5.74, 6) is 1.29. The maximum atomic E-state index is 12.0. The molecule has 0 amide bonds. The molecular weight excluding hydrogens is 292 g/mol. The number of ether oxygens (including phenoxy) is 2. The van der Waals surface area contributed by atoms with Crippen molar-refractivity contribution in [1.29, 1.82) is 0 Å². The molecule has 1 aliphatic carbocycles. The fourth-order valence-corrected chi connectivity index (χ4v) is 2.77. The molecule has 0 aromatic heterocycles. The predicted molar refractivity (Wildman–Crippen MR) is 79.7 cm³/mol. The normalized spacial score (nSPS) is 15.1. The van der Waals surface area contributed by atoms with E-state index in [0.29, 0.717) is 31.4 Å². The summed E-state index contributed by atoms with van der Waals surface area (Å²) in [6.45, 7) is 2.23. The molecule has 0 heterocycles. The van der Waals surface area contributed by atoms with Gasteiger partial charge in [-0.15, -0.1) is 0 Å². The molecule has 1 aromatic rings. The Labute approximate surface area is 125 Å². The number of hydrogen-bond acceptors (Lipinski definition) is 5. The van der Waals surface area contributed by atoms with Crippen molar-refractivity contribution in [3.63, 3.8) is 0 Å². The molecular formula is C14H22N2O4S. The van der Waals surface area contributed by atoms with Crippen LogP contribution in [-0.4, -0.2) is 41.3 Å². The van der Waals surface area contributed by atoms with Crippen molar-refractivity contribution < 1.29 is 17.9 Å². The maximum Gasteiger partial charge on any atom is 0.240 e. The summed E-state index contributed by atoms with van der Waals surface area (Å²) in [6.07, 6.45) is 2.45. The van der Waals surface area contributed by atoms with Crippen LogP contribution in [-0.2, 0) is 14.8 Å². The van der Waals surface area contributed by atoms with Crippen LogP contribution in [0.2, 0.25) is 0 Å². The van der Waals surface area contributed by atoms with Gasteiger partial charge in [0.2, 0.25) is 10.0 Å². The second kappa shape index (κ2) is 7.74. The van der Waals surface area contributed by atoms with Crippen molar-refractivity contribution in [1.82, 2.24) is 4.72 Å². The quantitative estimate of drug-likeness (QED) is 0.621. The summed E-state index contributed by atoms with van der Waals surface area (Å²) in [5.41, 5.74) is 5.33. The molecule has 1 aromatic carbocycles. The van der Waals surface area contributed by atoms with Crippen molar-refractivity contribution in [3.8, 4) is 5.75 Å². The number of benzene rings is 1. The number of sulfonamides is 1. The Balaban J connectivity index is 1.77. The van der Waals surface area contributed by atoms with Crippen molar-refractivity contribution >= 4 is 10.0 Å². The first-order valence-electron chi connectivity index (χ1n) is 7.12. The Hall–Kier alpha value is -1.15. The molecule has 6 nitrogen and oxygen atoms in total. The van der Waals surface area contributed by atoms with Gasteiger partial charge in [-0.2, -0.15) is 0 Å². The second-order valence-corrected chi connectivity index (χ2v) is 6.79. The van der Waals surface area contributed by atoms with E-state index in [2.05, 4.69) is 4.72 Å². The first-order valence-corrected chi connectivity index (χ1v) is 8.60. The van der Waals surface area contributed by atoms with E-state index in [9.17, 15) is 8.42 Å². The molecule has 0 atom stereocenters. The van der Waals surface area contributed by atoms with Crippen LogP contribution in [0.4, 0.5) is 0 Å². The molecule has 0 saturated heterocycles. The fourth-order valence-electron chi connectivity index (χ4n) is 1.76. The van der Waals surface area contributed by atoms with Gasteiger partial charge in [-0.3, -0.25) is 0 Å².